The summed E-state index contributed by atoms with van der Waals surface area (Å²) < 4.78 is 27.6. The second-order valence-corrected chi connectivity index (χ2v) is 8.66. The third-order valence-corrected chi connectivity index (χ3v) is 6.45. The summed E-state index contributed by atoms with van der Waals surface area (Å²) in [5, 5.41) is 0. The van der Waals surface area contributed by atoms with Crippen LogP contribution in [-0.4, -0.2) is 62.2 Å². The Bertz CT molecular complexity index is 969. The molecule has 1 atom stereocenters. The van der Waals surface area contributed by atoms with Gasteiger partial charge in [0.25, 0.3) is 0 Å². The Hall–Kier alpha value is -2.78. The minimum atomic E-state index is -3.87. The van der Waals surface area contributed by atoms with E-state index in [2.05, 4.69) is 14.6 Å². The molecule has 8 nitrogen and oxygen atoms in total. The molecule has 0 spiro atoms. The van der Waals surface area contributed by atoms with Crippen LogP contribution in [0.4, 0.5) is 5.69 Å². The number of aromatic nitrogens is 1. The normalized spacial score (nSPS) is 15.8. The smallest absolute Gasteiger partial charge is 0.241 e. The summed E-state index contributed by atoms with van der Waals surface area (Å²) in [5.74, 6) is -0.403. The van der Waals surface area contributed by atoms with Gasteiger partial charge in [-0.25, -0.2) is 8.42 Å². The maximum absolute atomic E-state index is 12.7. The second-order valence-electron chi connectivity index (χ2n) is 6.94. The molecule has 1 fully saturated rings. The molecule has 2 aromatic rings. The van der Waals surface area contributed by atoms with Gasteiger partial charge in [-0.3, -0.25) is 14.6 Å². The number of Topliss-reactive ketones (excluding diaryl/α,β-unsaturated/α-hetero) is 1. The molecule has 1 amide bonds. The number of carbonyl (C=O) groups is 2. The van der Waals surface area contributed by atoms with Gasteiger partial charge < -0.3 is 9.80 Å². The molecular formula is C20H24N4O4S. The first-order valence-corrected chi connectivity index (χ1v) is 10.8. The lowest BCUT2D eigenvalue weighted by Gasteiger charge is -2.37. The van der Waals surface area contributed by atoms with Gasteiger partial charge in [0.2, 0.25) is 15.9 Å². The molecule has 0 bridgehead atoms. The second kappa shape index (κ2) is 8.71. The fraction of sp³-hybridized carbons (Fsp3) is 0.350. The molecule has 1 aliphatic heterocycles. The number of benzene rings is 1. The lowest BCUT2D eigenvalue weighted by Crippen LogP contribution is -2.54. The Kier molecular flexibility index (Phi) is 6.29. The number of amides is 1. The highest BCUT2D eigenvalue weighted by Gasteiger charge is 2.28. The van der Waals surface area contributed by atoms with Gasteiger partial charge in [-0.15, -0.1) is 0 Å². The largest absolute Gasteiger partial charge is 0.368 e. The van der Waals surface area contributed by atoms with Crippen LogP contribution in [0.25, 0.3) is 0 Å². The van der Waals surface area contributed by atoms with Crippen molar-refractivity contribution in [1.29, 1.82) is 0 Å². The third kappa shape index (κ3) is 4.99. The van der Waals surface area contributed by atoms with E-state index in [9.17, 15) is 18.0 Å². The molecule has 9 heteroatoms. The summed E-state index contributed by atoms with van der Waals surface area (Å²) in [4.78, 5) is 31.9. The van der Waals surface area contributed by atoms with Gasteiger partial charge in [-0.2, -0.15) is 4.72 Å². The van der Waals surface area contributed by atoms with Crippen molar-refractivity contribution in [3.63, 3.8) is 0 Å². The number of hydrogen-bond donors (Lipinski definition) is 1. The standard InChI is InChI=1S/C20H24N4O4S/c1-15(22-29(27,28)19-5-3-17(4-6-19)16(2)25)20(26)24-13-11-23(12-14-24)18-7-9-21-10-8-18/h3-10,15,22H,11-14H2,1-2H3/t15-/m0/s1. The van der Waals surface area contributed by atoms with E-state index < -0.39 is 16.1 Å². The van der Waals surface area contributed by atoms with Crippen LogP contribution in [0.15, 0.2) is 53.7 Å². The summed E-state index contributed by atoms with van der Waals surface area (Å²) in [6.07, 6.45) is 3.46. The minimum absolute atomic E-state index is 0.0182. The van der Waals surface area contributed by atoms with Crippen LogP contribution in [0.5, 0.6) is 0 Å². The van der Waals surface area contributed by atoms with E-state index in [0.717, 1.165) is 5.69 Å². The first kappa shape index (κ1) is 20.9. The highest BCUT2D eigenvalue weighted by Crippen LogP contribution is 2.16. The zero-order valence-corrected chi connectivity index (χ0v) is 17.2. The van der Waals surface area contributed by atoms with E-state index >= 15 is 0 Å². The zero-order chi connectivity index (χ0) is 21.0. The number of ketones is 1. The van der Waals surface area contributed by atoms with E-state index in [1.165, 1.54) is 31.2 Å². The number of nitrogens with zero attached hydrogens (tertiary/aromatic N) is 3. The molecule has 0 aliphatic carbocycles. The molecule has 3 rings (SSSR count). The third-order valence-electron chi connectivity index (χ3n) is 4.89. The van der Waals surface area contributed by atoms with E-state index in [0.29, 0.717) is 31.7 Å². The van der Waals surface area contributed by atoms with Crippen molar-refractivity contribution in [3.8, 4) is 0 Å². The van der Waals surface area contributed by atoms with Crippen LogP contribution in [0, 0.1) is 0 Å². The highest BCUT2D eigenvalue weighted by molar-refractivity contribution is 7.89. The Balaban J connectivity index is 1.59. The topological polar surface area (TPSA) is 99.7 Å². The number of pyridine rings is 1. The molecule has 1 N–H and O–H groups in total. The molecule has 2 heterocycles. The number of carbonyl (C=O) groups excluding carboxylic acids is 2. The fourth-order valence-corrected chi connectivity index (χ4v) is 4.43. The van der Waals surface area contributed by atoms with Gasteiger partial charge in [-0.1, -0.05) is 12.1 Å². The summed E-state index contributed by atoms with van der Waals surface area (Å²) >= 11 is 0. The number of rotatable bonds is 6. The summed E-state index contributed by atoms with van der Waals surface area (Å²) in [6.45, 7) is 5.32. The van der Waals surface area contributed by atoms with E-state index in [4.69, 9.17) is 0 Å². The van der Waals surface area contributed by atoms with Gasteiger partial charge in [0.15, 0.2) is 5.78 Å². The Labute approximate surface area is 170 Å². The molecule has 1 aliphatic rings. The lowest BCUT2D eigenvalue weighted by atomic mass is 10.2. The molecule has 29 heavy (non-hydrogen) atoms. The predicted molar refractivity (Wildman–Crippen MR) is 109 cm³/mol. The molecule has 0 radical (unpaired) electrons. The average Bonchev–Trinajstić information content (AvgIpc) is 2.73. The summed E-state index contributed by atoms with van der Waals surface area (Å²) in [7, 11) is -3.87. The van der Waals surface area contributed by atoms with Crippen molar-refractivity contribution in [2.45, 2.75) is 24.8 Å². The van der Waals surface area contributed by atoms with Gasteiger partial charge in [0, 0.05) is 49.8 Å². The first-order valence-electron chi connectivity index (χ1n) is 9.35. The van der Waals surface area contributed by atoms with Crippen LogP contribution < -0.4 is 9.62 Å². The SMILES string of the molecule is CC(=O)c1ccc(S(=O)(=O)N[C@@H](C)C(=O)N2CCN(c3ccncc3)CC2)cc1. The van der Waals surface area contributed by atoms with Crippen LogP contribution in [-0.2, 0) is 14.8 Å². The van der Waals surface area contributed by atoms with Gasteiger partial charge >= 0.3 is 0 Å². The monoisotopic (exact) mass is 416 g/mol. The molecule has 1 aromatic heterocycles. The number of piperazine rings is 1. The quantitative estimate of drug-likeness (QED) is 0.713. The van der Waals surface area contributed by atoms with Gasteiger partial charge in [0.05, 0.1) is 10.9 Å². The van der Waals surface area contributed by atoms with Gasteiger partial charge in [-0.05, 0) is 38.1 Å². The lowest BCUT2D eigenvalue weighted by molar-refractivity contribution is -0.132. The molecule has 0 unspecified atom stereocenters. The summed E-state index contributed by atoms with van der Waals surface area (Å²) in [6, 6.07) is 8.61. The van der Waals surface area contributed by atoms with Crippen molar-refractivity contribution in [2.24, 2.45) is 0 Å². The predicted octanol–water partition coefficient (Wildman–Crippen LogP) is 1.30. The summed E-state index contributed by atoms with van der Waals surface area (Å²) in [5.41, 5.74) is 1.48. The van der Waals surface area contributed by atoms with Crippen LogP contribution in [0.2, 0.25) is 0 Å². The minimum Gasteiger partial charge on any atom is -0.368 e. The molecule has 1 saturated heterocycles. The zero-order valence-electron chi connectivity index (χ0n) is 16.4. The van der Waals surface area contributed by atoms with Crippen molar-refractivity contribution < 1.29 is 18.0 Å². The maximum atomic E-state index is 12.7. The Morgan fingerprint density at radius 3 is 2.14 bits per heavy atom. The van der Waals surface area contributed by atoms with Crippen LogP contribution >= 0.6 is 0 Å². The highest BCUT2D eigenvalue weighted by atomic mass is 32.2. The van der Waals surface area contributed by atoms with Crippen molar-refractivity contribution in [2.75, 3.05) is 31.1 Å². The Morgan fingerprint density at radius 1 is 1.00 bits per heavy atom. The van der Waals surface area contributed by atoms with Gasteiger partial charge in [0.1, 0.15) is 0 Å². The number of sulfonamides is 1. The van der Waals surface area contributed by atoms with E-state index in [1.54, 1.807) is 24.2 Å². The van der Waals surface area contributed by atoms with Crippen LogP contribution in [0.1, 0.15) is 24.2 Å². The van der Waals surface area contributed by atoms with Crippen LogP contribution in [0.3, 0.4) is 0 Å². The van der Waals surface area contributed by atoms with Crippen molar-refractivity contribution >= 4 is 27.4 Å². The number of anilines is 1. The van der Waals surface area contributed by atoms with E-state index in [-0.39, 0.29) is 16.6 Å². The number of hydrogen-bond acceptors (Lipinski definition) is 6. The van der Waals surface area contributed by atoms with E-state index in [1.807, 2.05) is 12.1 Å². The molecule has 0 saturated carbocycles. The maximum Gasteiger partial charge on any atom is 0.241 e. The molecule has 1 aromatic carbocycles. The first-order chi connectivity index (χ1) is 13.8. The molecular weight excluding hydrogens is 392 g/mol. The average molecular weight is 417 g/mol. The van der Waals surface area contributed by atoms with Crippen molar-refractivity contribution in [3.05, 3.63) is 54.4 Å². The molecule has 154 valence electrons. The van der Waals surface area contributed by atoms with Crippen molar-refractivity contribution in [1.82, 2.24) is 14.6 Å². The fourth-order valence-electron chi connectivity index (χ4n) is 3.23. The Morgan fingerprint density at radius 2 is 1.59 bits per heavy atom. The number of nitrogens with one attached hydrogen (secondary N) is 1.